The van der Waals surface area contributed by atoms with Gasteiger partial charge < -0.3 is 16.4 Å². The maximum atomic E-state index is 12.3. The van der Waals surface area contributed by atoms with Crippen molar-refractivity contribution in [3.63, 3.8) is 0 Å². The largest absolute Gasteiger partial charge is 0.369 e. The van der Waals surface area contributed by atoms with E-state index in [2.05, 4.69) is 10.6 Å². The van der Waals surface area contributed by atoms with Crippen molar-refractivity contribution in [3.05, 3.63) is 29.8 Å². The number of anilines is 1. The predicted octanol–water partition coefficient (Wildman–Crippen LogP) is 1.19. The first-order valence-corrected chi connectivity index (χ1v) is 6.93. The van der Waals surface area contributed by atoms with Crippen molar-refractivity contribution in [3.8, 4) is 0 Å². The Hall–Kier alpha value is -1.88. The zero-order chi connectivity index (χ0) is 14.6. The lowest BCUT2D eigenvalue weighted by Crippen LogP contribution is -2.54. The second-order valence-electron chi connectivity index (χ2n) is 5.51. The Kier molecular flexibility index (Phi) is 4.39. The first kappa shape index (κ1) is 14.5. The smallest absolute Gasteiger partial charge is 0.244 e. The molecule has 0 spiro atoms. The van der Waals surface area contributed by atoms with Gasteiger partial charge in [-0.25, -0.2) is 0 Å². The first-order valence-electron chi connectivity index (χ1n) is 6.93. The molecule has 5 nitrogen and oxygen atoms in total. The van der Waals surface area contributed by atoms with Gasteiger partial charge in [0.15, 0.2) is 0 Å². The lowest BCUT2D eigenvalue weighted by atomic mass is 9.90. The van der Waals surface area contributed by atoms with Crippen molar-refractivity contribution in [1.82, 2.24) is 5.32 Å². The summed E-state index contributed by atoms with van der Waals surface area (Å²) in [6, 6.07) is 7.19. The third-order valence-electron chi connectivity index (χ3n) is 3.71. The number of hydrogen-bond acceptors (Lipinski definition) is 3. The second-order valence-corrected chi connectivity index (χ2v) is 5.51. The molecule has 1 aromatic rings. The molecule has 1 aromatic carbocycles. The summed E-state index contributed by atoms with van der Waals surface area (Å²) in [5.74, 6) is -0.374. The standard InChI is InChI=1S/C15H21N3O2/c1-15(8-2-3-9-17-15)14(20)18-12-6-4-11(5-7-12)10-13(16)19/h4-7,17H,2-3,8-10H2,1H3,(H2,16,19)(H,18,20). The van der Waals surface area contributed by atoms with Crippen LogP contribution in [-0.2, 0) is 16.0 Å². The van der Waals surface area contributed by atoms with E-state index in [-0.39, 0.29) is 18.2 Å². The summed E-state index contributed by atoms with van der Waals surface area (Å²) in [6.45, 7) is 2.81. The Labute approximate surface area is 118 Å². The van der Waals surface area contributed by atoms with Crippen LogP contribution in [0, 0.1) is 0 Å². The summed E-state index contributed by atoms with van der Waals surface area (Å²) >= 11 is 0. The summed E-state index contributed by atoms with van der Waals surface area (Å²) < 4.78 is 0. The first-order chi connectivity index (χ1) is 9.49. The molecule has 0 radical (unpaired) electrons. The maximum absolute atomic E-state index is 12.3. The maximum Gasteiger partial charge on any atom is 0.244 e. The summed E-state index contributed by atoms with van der Waals surface area (Å²) in [5, 5.41) is 6.19. The van der Waals surface area contributed by atoms with Gasteiger partial charge in [-0.3, -0.25) is 9.59 Å². The Bertz CT molecular complexity index is 490. The number of carbonyl (C=O) groups is 2. The van der Waals surface area contributed by atoms with Gasteiger partial charge in [0.1, 0.15) is 0 Å². The van der Waals surface area contributed by atoms with Gasteiger partial charge in [-0.05, 0) is 50.4 Å². The Morgan fingerprint density at radius 1 is 1.30 bits per heavy atom. The van der Waals surface area contributed by atoms with E-state index in [1.807, 2.05) is 6.92 Å². The molecular formula is C15H21N3O2. The van der Waals surface area contributed by atoms with Gasteiger partial charge in [0.05, 0.1) is 12.0 Å². The van der Waals surface area contributed by atoms with Gasteiger partial charge in [-0.15, -0.1) is 0 Å². The zero-order valence-electron chi connectivity index (χ0n) is 11.7. The molecule has 4 N–H and O–H groups in total. The highest BCUT2D eigenvalue weighted by molar-refractivity contribution is 5.97. The fourth-order valence-electron chi connectivity index (χ4n) is 2.43. The Balaban J connectivity index is 1.98. The third kappa shape index (κ3) is 3.57. The molecule has 1 aliphatic heterocycles. The fourth-order valence-corrected chi connectivity index (χ4v) is 2.43. The van der Waals surface area contributed by atoms with Gasteiger partial charge in [-0.2, -0.15) is 0 Å². The van der Waals surface area contributed by atoms with Crippen molar-refractivity contribution in [2.24, 2.45) is 5.73 Å². The predicted molar refractivity (Wildman–Crippen MR) is 78.2 cm³/mol. The lowest BCUT2D eigenvalue weighted by molar-refractivity contribution is -0.122. The molecule has 0 bridgehead atoms. The summed E-state index contributed by atoms with van der Waals surface area (Å²) in [7, 11) is 0. The molecule has 20 heavy (non-hydrogen) atoms. The molecule has 1 heterocycles. The molecule has 1 aliphatic rings. The number of benzene rings is 1. The van der Waals surface area contributed by atoms with Crippen LogP contribution in [0.1, 0.15) is 31.7 Å². The molecule has 5 heteroatoms. The van der Waals surface area contributed by atoms with Crippen LogP contribution >= 0.6 is 0 Å². The number of primary amides is 1. The molecule has 1 fully saturated rings. The van der Waals surface area contributed by atoms with Crippen LogP contribution in [0.5, 0.6) is 0 Å². The minimum absolute atomic E-state index is 0.0140. The van der Waals surface area contributed by atoms with Crippen LogP contribution in [0.3, 0.4) is 0 Å². The number of nitrogens with two attached hydrogens (primary N) is 1. The van der Waals surface area contributed by atoms with Crippen molar-refractivity contribution < 1.29 is 9.59 Å². The molecule has 0 aromatic heterocycles. The highest BCUT2D eigenvalue weighted by Gasteiger charge is 2.34. The number of carbonyl (C=O) groups excluding carboxylic acids is 2. The average Bonchev–Trinajstić information content (AvgIpc) is 2.41. The van der Waals surface area contributed by atoms with E-state index in [9.17, 15) is 9.59 Å². The van der Waals surface area contributed by atoms with E-state index >= 15 is 0 Å². The van der Waals surface area contributed by atoms with Crippen molar-refractivity contribution in [2.45, 2.75) is 38.1 Å². The number of hydrogen-bond donors (Lipinski definition) is 3. The number of piperidine rings is 1. The van der Waals surface area contributed by atoms with E-state index in [4.69, 9.17) is 5.73 Å². The number of amides is 2. The Morgan fingerprint density at radius 3 is 2.55 bits per heavy atom. The van der Waals surface area contributed by atoms with E-state index in [0.29, 0.717) is 0 Å². The van der Waals surface area contributed by atoms with Crippen LogP contribution in [0.2, 0.25) is 0 Å². The van der Waals surface area contributed by atoms with Gasteiger partial charge in [0.25, 0.3) is 0 Å². The lowest BCUT2D eigenvalue weighted by Gasteiger charge is -2.33. The molecule has 1 unspecified atom stereocenters. The van der Waals surface area contributed by atoms with Crippen LogP contribution in [0.15, 0.2) is 24.3 Å². The van der Waals surface area contributed by atoms with E-state index < -0.39 is 5.54 Å². The summed E-state index contributed by atoms with van der Waals surface area (Å²) in [4.78, 5) is 23.1. The van der Waals surface area contributed by atoms with Crippen molar-refractivity contribution in [2.75, 3.05) is 11.9 Å². The number of rotatable bonds is 4. The van der Waals surface area contributed by atoms with Crippen LogP contribution in [0.4, 0.5) is 5.69 Å². The highest BCUT2D eigenvalue weighted by atomic mass is 16.2. The van der Waals surface area contributed by atoms with Gasteiger partial charge in [0.2, 0.25) is 11.8 Å². The van der Waals surface area contributed by atoms with E-state index in [1.54, 1.807) is 24.3 Å². The quantitative estimate of drug-likeness (QED) is 0.771. The number of nitrogens with one attached hydrogen (secondary N) is 2. The summed E-state index contributed by atoms with van der Waals surface area (Å²) in [6.07, 6.45) is 3.24. The Morgan fingerprint density at radius 2 is 2.00 bits per heavy atom. The van der Waals surface area contributed by atoms with Gasteiger partial charge in [0, 0.05) is 5.69 Å². The minimum Gasteiger partial charge on any atom is -0.369 e. The minimum atomic E-state index is -0.496. The molecule has 1 saturated heterocycles. The third-order valence-corrected chi connectivity index (χ3v) is 3.71. The average molecular weight is 275 g/mol. The van der Waals surface area contributed by atoms with Crippen LogP contribution < -0.4 is 16.4 Å². The molecule has 0 saturated carbocycles. The van der Waals surface area contributed by atoms with Crippen molar-refractivity contribution >= 4 is 17.5 Å². The summed E-state index contributed by atoms with van der Waals surface area (Å²) in [5.41, 5.74) is 6.22. The molecule has 2 amide bonds. The molecule has 1 atom stereocenters. The molecule has 0 aliphatic carbocycles. The molecule has 2 rings (SSSR count). The molecule has 108 valence electrons. The van der Waals surface area contributed by atoms with Gasteiger partial charge >= 0.3 is 0 Å². The SMILES string of the molecule is CC1(C(=O)Nc2ccc(CC(N)=O)cc2)CCCCN1. The fraction of sp³-hybridized carbons (Fsp3) is 0.467. The van der Waals surface area contributed by atoms with Crippen LogP contribution in [-0.4, -0.2) is 23.9 Å². The second kappa shape index (κ2) is 6.05. The highest BCUT2D eigenvalue weighted by Crippen LogP contribution is 2.21. The van der Waals surface area contributed by atoms with Gasteiger partial charge in [-0.1, -0.05) is 12.1 Å². The van der Waals surface area contributed by atoms with E-state index in [0.717, 1.165) is 37.1 Å². The van der Waals surface area contributed by atoms with E-state index in [1.165, 1.54) is 0 Å². The topological polar surface area (TPSA) is 84.2 Å². The zero-order valence-corrected chi connectivity index (χ0v) is 11.7. The normalized spacial score (nSPS) is 22.2. The molecular weight excluding hydrogens is 254 g/mol. The van der Waals surface area contributed by atoms with Crippen molar-refractivity contribution in [1.29, 1.82) is 0 Å². The van der Waals surface area contributed by atoms with Crippen LogP contribution in [0.25, 0.3) is 0 Å². The monoisotopic (exact) mass is 275 g/mol.